The predicted molar refractivity (Wildman–Crippen MR) is 231 cm³/mol. The van der Waals surface area contributed by atoms with Crippen molar-refractivity contribution in [1.29, 1.82) is 0 Å². The molecule has 7 aliphatic rings. The minimum Gasteiger partial charge on any atom is -0.508 e. The summed E-state index contributed by atoms with van der Waals surface area (Å²) in [7, 11) is 0. The van der Waals surface area contributed by atoms with E-state index in [1.165, 1.54) is 11.1 Å². The van der Waals surface area contributed by atoms with Crippen LogP contribution in [0.15, 0.2) is 59.7 Å². The standard InChI is InChI=1S/C51H70N2O6/c1-28(22-40(56)46-50(7,59-46)36-17-10-16-34(36)30-12-8-14-32(52)23-30)42-37-19-20-41-48(5)25-35(31-13-9-15-33(55)24-31)45(58)47(3,4)44(48)39(53-27-29(2)54)26-51(41)21-11-18-38(43(42)57)49(37,51)6/h8-9,12-15,23-24,28-29,34-36,38-41,44,46,53-56H,10-11,16-22,25-27,52H2,1-7H3/t28-,29+,34-,35+,36+,38+,39+,40-,41-,44+,46-,48+,49-,50-,51+/m1/s1. The van der Waals surface area contributed by atoms with Gasteiger partial charge in [-0.3, -0.25) is 9.59 Å². The van der Waals surface area contributed by atoms with Crippen molar-refractivity contribution in [1.82, 2.24) is 5.32 Å². The molecular formula is C51H70N2O6. The Bertz CT molecular complexity index is 2040. The molecule has 1 saturated heterocycles. The molecule has 8 nitrogen and oxygen atoms in total. The number of phenolic OH excluding ortho intramolecular Hbond substituents is 1. The predicted octanol–water partition coefficient (Wildman–Crippen LogP) is 8.63. The molecule has 6 fully saturated rings. The second kappa shape index (κ2) is 14.3. The average molecular weight is 807 g/mol. The van der Waals surface area contributed by atoms with Gasteiger partial charge >= 0.3 is 0 Å². The number of aliphatic hydroxyl groups is 2. The zero-order valence-electron chi connectivity index (χ0n) is 36.6. The van der Waals surface area contributed by atoms with E-state index in [9.17, 15) is 20.1 Å². The van der Waals surface area contributed by atoms with Crippen LogP contribution >= 0.6 is 0 Å². The van der Waals surface area contributed by atoms with Crippen molar-refractivity contribution >= 4 is 17.3 Å². The van der Waals surface area contributed by atoms with E-state index >= 15 is 4.79 Å². The number of carbonyl (C=O) groups excluding carboxylic acids is 2. The number of nitrogens with one attached hydrogen (secondary N) is 1. The van der Waals surface area contributed by atoms with Gasteiger partial charge in [0.25, 0.3) is 0 Å². The van der Waals surface area contributed by atoms with Gasteiger partial charge in [0, 0.05) is 40.9 Å². The quantitative estimate of drug-likeness (QED) is 0.119. The molecule has 0 radical (unpaired) electrons. The number of anilines is 1. The topological polar surface area (TPSA) is 145 Å². The molecule has 6 aliphatic carbocycles. The SMILES string of the molecule is C[C@H](O)CN[C@H]1C[C@@]23CCC[C@H]4C(=O)C([C@H](C)C[C@@H](O)[C@H]5O[C@]5(C)[C@H]5CCC[C@@H]5c5cccc(N)c5)=C(CC[C@@H]2[C@]2(C)C[C@@H](c5cccc(O)c5)C(=O)C(C)(C)[C@H]12)[C@]43C. The van der Waals surface area contributed by atoms with E-state index in [-0.39, 0.29) is 63.6 Å². The lowest BCUT2D eigenvalue weighted by Crippen LogP contribution is -2.71. The fraction of sp³-hybridized carbons (Fsp3) is 0.686. The zero-order chi connectivity index (χ0) is 42.0. The molecule has 15 atom stereocenters. The highest BCUT2D eigenvalue weighted by Gasteiger charge is 2.75. The van der Waals surface area contributed by atoms with Gasteiger partial charge in [-0.1, -0.05) is 77.3 Å². The fourth-order valence-electron chi connectivity index (χ4n) is 16.4. The van der Waals surface area contributed by atoms with Gasteiger partial charge in [-0.05, 0) is 153 Å². The number of rotatable bonds is 10. The Morgan fingerprint density at radius 2 is 1.66 bits per heavy atom. The third-order valence-electron chi connectivity index (χ3n) is 18.5. The summed E-state index contributed by atoms with van der Waals surface area (Å²) in [6.45, 7) is 15.8. The van der Waals surface area contributed by atoms with Crippen molar-refractivity contribution in [3.8, 4) is 5.75 Å². The molecule has 5 saturated carbocycles. The van der Waals surface area contributed by atoms with Gasteiger partial charge in [0.1, 0.15) is 17.6 Å². The maximum Gasteiger partial charge on any atom is 0.163 e. The van der Waals surface area contributed by atoms with E-state index in [0.717, 1.165) is 74.6 Å². The Labute approximate surface area is 352 Å². The molecule has 9 rings (SSSR count). The number of ketones is 2. The first-order chi connectivity index (χ1) is 27.9. The number of epoxide rings is 1. The number of carbonyl (C=O) groups is 2. The molecule has 0 unspecified atom stereocenters. The number of hydrogen-bond donors (Lipinski definition) is 5. The molecule has 1 aliphatic heterocycles. The lowest BCUT2D eigenvalue weighted by atomic mass is 9.31. The number of nitrogen functional groups attached to an aromatic ring is 1. The Morgan fingerprint density at radius 1 is 0.915 bits per heavy atom. The highest BCUT2D eigenvalue weighted by molar-refractivity contribution is 6.03. The molecule has 1 heterocycles. The number of fused-ring (bicyclic) bond motifs is 2. The normalized spacial score (nSPS) is 42.5. The van der Waals surface area contributed by atoms with E-state index in [1.54, 1.807) is 12.1 Å². The molecule has 8 heteroatoms. The molecule has 6 N–H and O–H groups in total. The van der Waals surface area contributed by atoms with Crippen LogP contribution in [0.2, 0.25) is 0 Å². The molecule has 1 spiro atoms. The maximum absolute atomic E-state index is 15.1. The van der Waals surface area contributed by atoms with Crippen LogP contribution in [0.25, 0.3) is 0 Å². The van der Waals surface area contributed by atoms with Crippen LogP contribution in [-0.2, 0) is 14.3 Å². The molecule has 2 aromatic rings. The molecule has 0 aromatic heterocycles. The van der Waals surface area contributed by atoms with Crippen LogP contribution in [0.1, 0.15) is 142 Å². The number of aromatic hydroxyl groups is 1. The number of hydrogen-bond acceptors (Lipinski definition) is 8. The highest BCUT2D eigenvalue weighted by atomic mass is 16.6. The summed E-state index contributed by atoms with van der Waals surface area (Å²) in [6, 6.07) is 15.6. The van der Waals surface area contributed by atoms with Crippen molar-refractivity contribution < 1.29 is 29.6 Å². The Morgan fingerprint density at radius 3 is 2.39 bits per heavy atom. The first-order valence-electron chi connectivity index (χ1n) is 23.1. The summed E-state index contributed by atoms with van der Waals surface area (Å²) in [6.07, 6.45) is 8.65. The number of ether oxygens (including phenoxy) is 1. The number of phenols is 1. The molecule has 320 valence electrons. The molecular weight excluding hydrogens is 737 g/mol. The van der Waals surface area contributed by atoms with Crippen LogP contribution in [0.4, 0.5) is 5.69 Å². The number of Topliss-reactive ketones (excluding diaryl/α,β-unsaturated/α-hetero) is 2. The number of nitrogens with two attached hydrogens (primary N) is 1. The Hall–Kier alpha value is -3.04. The number of benzene rings is 2. The summed E-state index contributed by atoms with van der Waals surface area (Å²) < 4.78 is 6.53. The minimum atomic E-state index is -0.668. The lowest BCUT2D eigenvalue weighted by Gasteiger charge is -2.73. The summed E-state index contributed by atoms with van der Waals surface area (Å²) >= 11 is 0. The van der Waals surface area contributed by atoms with E-state index in [1.807, 2.05) is 31.2 Å². The first-order valence-corrected chi connectivity index (χ1v) is 23.1. The smallest absolute Gasteiger partial charge is 0.163 e. The van der Waals surface area contributed by atoms with Crippen molar-refractivity contribution in [3.63, 3.8) is 0 Å². The Balaban J connectivity index is 1.04. The van der Waals surface area contributed by atoms with Crippen molar-refractivity contribution in [2.24, 2.45) is 51.2 Å². The van der Waals surface area contributed by atoms with Crippen LogP contribution in [0, 0.1) is 51.2 Å². The Kier molecular flexibility index (Phi) is 9.98. The van der Waals surface area contributed by atoms with Crippen molar-refractivity contribution in [2.45, 2.75) is 161 Å². The monoisotopic (exact) mass is 807 g/mol. The molecule has 0 amide bonds. The third kappa shape index (κ3) is 6.02. The largest absolute Gasteiger partial charge is 0.508 e. The summed E-state index contributed by atoms with van der Waals surface area (Å²) in [5, 5.41) is 37.0. The van der Waals surface area contributed by atoms with Crippen LogP contribution in [-0.4, -0.2) is 63.4 Å². The summed E-state index contributed by atoms with van der Waals surface area (Å²) in [5.41, 5.74) is 9.65. The number of aliphatic hydroxyl groups excluding tert-OH is 2. The minimum absolute atomic E-state index is 0.0142. The average Bonchev–Trinajstić information content (AvgIpc) is 3.51. The van der Waals surface area contributed by atoms with Gasteiger partial charge in [0.05, 0.1) is 17.8 Å². The third-order valence-corrected chi connectivity index (χ3v) is 18.5. The summed E-state index contributed by atoms with van der Waals surface area (Å²) in [5.74, 6) is 1.18. The molecule has 2 aromatic carbocycles. The maximum atomic E-state index is 15.1. The van der Waals surface area contributed by atoms with E-state index < -0.39 is 23.2 Å². The van der Waals surface area contributed by atoms with Gasteiger partial charge in [0.2, 0.25) is 0 Å². The fourth-order valence-corrected chi connectivity index (χ4v) is 16.4. The van der Waals surface area contributed by atoms with Gasteiger partial charge < -0.3 is 31.1 Å². The molecule has 59 heavy (non-hydrogen) atoms. The van der Waals surface area contributed by atoms with Gasteiger partial charge in [-0.15, -0.1) is 0 Å². The van der Waals surface area contributed by atoms with E-state index in [2.05, 4.69) is 59.0 Å². The summed E-state index contributed by atoms with van der Waals surface area (Å²) in [4.78, 5) is 29.8. The highest BCUT2D eigenvalue weighted by Crippen LogP contribution is 2.78. The number of allylic oxidation sites excluding steroid dienone is 2. The van der Waals surface area contributed by atoms with E-state index in [0.29, 0.717) is 42.9 Å². The lowest BCUT2D eigenvalue weighted by molar-refractivity contribution is -0.215. The van der Waals surface area contributed by atoms with E-state index in [4.69, 9.17) is 10.5 Å². The second-order valence-electron chi connectivity index (χ2n) is 21.9. The van der Waals surface area contributed by atoms with Crippen molar-refractivity contribution in [3.05, 3.63) is 70.8 Å². The molecule has 0 bridgehead atoms. The van der Waals surface area contributed by atoms with Crippen LogP contribution in [0.5, 0.6) is 5.75 Å². The van der Waals surface area contributed by atoms with Gasteiger partial charge in [0.15, 0.2) is 5.78 Å². The van der Waals surface area contributed by atoms with Gasteiger partial charge in [-0.25, -0.2) is 0 Å². The van der Waals surface area contributed by atoms with Crippen LogP contribution in [0.3, 0.4) is 0 Å². The van der Waals surface area contributed by atoms with Crippen molar-refractivity contribution in [2.75, 3.05) is 12.3 Å². The second-order valence-corrected chi connectivity index (χ2v) is 21.9. The first kappa shape index (κ1) is 41.3. The zero-order valence-corrected chi connectivity index (χ0v) is 36.6. The van der Waals surface area contributed by atoms with Gasteiger partial charge in [-0.2, -0.15) is 0 Å². The van der Waals surface area contributed by atoms with Crippen LogP contribution < -0.4 is 11.1 Å².